The second-order valence-corrected chi connectivity index (χ2v) is 7.29. The van der Waals surface area contributed by atoms with Crippen molar-refractivity contribution in [2.45, 2.75) is 18.4 Å². The number of nitrogens with zero attached hydrogens (tertiary/aromatic N) is 2. The van der Waals surface area contributed by atoms with Crippen LogP contribution in [-0.2, 0) is 11.3 Å². The molecule has 0 aliphatic carbocycles. The first kappa shape index (κ1) is 15.9. The maximum Gasteiger partial charge on any atom is 0.213 e. The largest absolute Gasteiger partial charge is 0.338 e. The van der Waals surface area contributed by atoms with Gasteiger partial charge in [-0.05, 0) is 29.8 Å². The van der Waals surface area contributed by atoms with Crippen molar-refractivity contribution in [1.82, 2.24) is 0 Å². The van der Waals surface area contributed by atoms with Crippen molar-refractivity contribution in [3.63, 3.8) is 0 Å². The van der Waals surface area contributed by atoms with Gasteiger partial charge in [-0.25, -0.2) is 0 Å². The van der Waals surface area contributed by atoms with E-state index < -0.39 is 0 Å². The van der Waals surface area contributed by atoms with E-state index in [0.717, 1.165) is 16.5 Å². The first-order valence-corrected chi connectivity index (χ1v) is 9.08. The van der Waals surface area contributed by atoms with Crippen LogP contribution in [0.1, 0.15) is 12.5 Å². The zero-order valence-corrected chi connectivity index (χ0v) is 15.1. The molecule has 2 heterocycles. The summed E-state index contributed by atoms with van der Waals surface area (Å²) in [5, 5.41) is 2.36. The molecule has 4 heteroatoms. The maximum absolute atomic E-state index is 11.5. The Hall–Kier alpha value is -2.59. The van der Waals surface area contributed by atoms with Crippen molar-refractivity contribution in [2.75, 3.05) is 11.9 Å². The summed E-state index contributed by atoms with van der Waals surface area (Å²) >= 11 is 1.79. The van der Waals surface area contributed by atoms with Gasteiger partial charge in [0, 0.05) is 31.0 Å². The molecular weight excluding hydrogens is 328 g/mol. The van der Waals surface area contributed by atoms with E-state index in [-0.39, 0.29) is 5.78 Å². The lowest BCUT2D eigenvalue weighted by Crippen LogP contribution is -2.37. The van der Waals surface area contributed by atoms with Crippen molar-refractivity contribution in [3.05, 3.63) is 71.4 Å². The van der Waals surface area contributed by atoms with E-state index in [1.54, 1.807) is 18.7 Å². The minimum absolute atomic E-state index is 0.155. The van der Waals surface area contributed by atoms with Crippen LogP contribution in [0.25, 0.3) is 17.0 Å². The standard InChI is InChI=1S/C21H19N2OS/c1-15(24)14-23-12-11-16(17-7-3-4-8-18(17)23)13-21-22(2)19-9-5-6-10-20(19)25-21/h3-13H,14H2,1-2H3/q+1. The molecule has 3 nitrogen and oxygen atoms in total. The number of carbonyl (C=O) groups is 1. The van der Waals surface area contributed by atoms with Gasteiger partial charge in [-0.15, -0.1) is 0 Å². The summed E-state index contributed by atoms with van der Waals surface area (Å²) in [6, 6.07) is 18.8. The number of Topliss-reactive ketones (excluding diaryl/α,β-unsaturated/α-hetero) is 1. The summed E-state index contributed by atoms with van der Waals surface area (Å²) in [7, 11) is 2.10. The van der Waals surface area contributed by atoms with E-state index in [0.29, 0.717) is 6.54 Å². The van der Waals surface area contributed by atoms with Gasteiger partial charge >= 0.3 is 0 Å². The van der Waals surface area contributed by atoms with Gasteiger partial charge in [0.2, 0.25) is 12.1 Å². The molecular formula is C21H19N2OS+. The Morgan fingerprint density at radius 2 is 1.88 bits per heavy atom. The van der Waals surface area contributed by atoms with E-state index in [9.17, 15) is 4.79 Å². The van der Waals surface area contributed by atoms with Gasteiger partial charge in [0.1, 0.15) is 0 Å². The quantitative estimate of drug-likeness (QED) is 0.662. The maximum atomic E-state index is 11.5. The molecule has 0 amide bonds. The number of para-hydroxylation sites is 2. The summed E-state index contributed by atoms with van der Waals surface area (Å²) in [4.78, 5) is 15.1. The van der Waals surface area contributed by atoms with Crippen LogP contribution in [0.5, 0.6) is 0 Å². The van der Waals surface area contributed by atoms with E-state index >= 15 is 0 Å². The highest BCUT2D eigenvalue weighted by Crippen LogP contribution is 2.45. The normalized spacial score (nSPS) is 15.0. The van der Waals surface area contributed by atoms with Crippen LogP contribution < -0.4 is 9.47 Å². The highest BCUT2D eigenvalue weighted by molar-refractivity contribution is 8.03. The first-order chi connectivity index (χ1) is 12.1. The van der Waals surface area contributed by atoms with Crippen molar-refractivity contribution in [3.8, 4) is 0 Å². The van der Waals surface area contributed by atoms with Crippen LogP contribution in [0, 0.1) is 0 Å². The van der Waals surface area contributed by atoms with Crippen LogP contribution in [0.4, 0.5) is 5.69 Å². The number of ketones is 1. The molecule has 1 aliphatic heterocycles. The van der Waals surface area contributed by atoms with Gasteiger partial charge in [0.15, 0.2) is 12.0 Å². The zero-order chi connectivity index (χ0) is 17.4. The number of rotatable bonds is 3. The van der Waals surface area contributed by atoms with Crippen LogP contribution in [0.3, 0.4) is 0 Å². The molecule has 1 aliphatic rings. The Kier molecular flexibility index (Phi) is 4.06. The third-order valence-electron chi connectivity index (χ3n) is 4.40. The average molecular weight is 347 g/mol. The van der Waals surface area contributed by atoms with Crippen molar-refractivity contribution in [2.24, 2.45) is 0 Å². The Labute approximate surface area is 151 Å². The van der Waals surface area contributed by atoms with Crippen LogP contribution in [0.2, 0.25) is 0 Å². The fourth-order valence-corrected chi connectivity index (χ4v) is 4.29. The number of benzene rings is 2. The summed E-state index contributed by atoms with van der Waals surface area (Å²) < 4.78 is 2.01. The van der Waals surface area contributed by atoms with Gasteiger partial charge in [-0.1, -0.05) is 36.0 Å². The topological polar surface area (TPSA) is 24.2 Å². The predicted octanol–water partition coefficient (Wildman–Crippen LogP) is 4.26. The molecule has 0 saturated heterocycles. The fourth-order valence-electron chi connectivity index (χ4n) is 3.19. The highest BCUT2D eigenvalue weighted by Gasteiger charge is 2.22. The van der Waals surface area contributed by atoms with Gasteiger partial charge < -0.3 is 4.90 Å². The van der Waals surface area contributed by atoms with Crippen molar-refractivity contribution < 1.29 is 9.36 Å². The van der Waals surface area contributed by atoms with E-state index in [1.807, 2.05) is 22.9 Å². The monoisotopic (exact) mass is 347 g/mol. The third kappa shape index (κ3) is 2.94. The van der Waals surface area contributed by atoms with E-state index in [4.69, 9.17) is 0 Å². The molecule has 25 heavy (non-hydrogen) atoms. The lowest BCUT2D eigenvalue weighted by Gasteiger charge is -2.13. The Morgan fingerprint density at radius 1 is 1.12 bits per heavy atom. The average Bonchev–Trinajstić information content (AvgIpc) is 2.93. The van der Waals surface area contributed by atoms with E-state index in [2.05, 4.69) is 60.5 Å². The van der Waals surface area contributed by atoms with Crippen LogP contribution in [-0.4, -0.2) is 12.8 Å². The number of carbonyl (C=O) groups excluding carboxylic acids is 1. The summed E-state index contributed by atoms with van der Waals surface area (Å²) in [5.41, 5.74) is 3.48. The Bertz CT molecular complexity index is 1010. The smallest absolute Gasteiger partial charge is 0.213 e. The molecule has 0 spiro atoms. The number of hydrogen-bond donors (Lipinski definition) is 0. The lowest BCUT2D eigenvalue weighted by atomic mass is 10.1. The van der Waals surface area contributed by atoms with Crippen molar-refractivity contribution >= 4 is 40.2 Å². The molecule has 0 N–H and O–H groups in total. The molecule has 4 rings (SSSR count). The van der Waals surface area contributed by atoms with Crippen molar-refractivity contribution in [1.29, 1.82) is 0 Å². The van der Waals surface area contributed by atoms with E-state index in [1.165, 1.54) is 15.6 Å². The van der Waals surface area contributed by atoms with Gasteiger partial charge in [-0.3, -0.25) is 4.79 Å². The van der Waals surface area contributed by atoms with Gasteiger partial charge in [-0.2, -0.15) is 4.57 Å². The summed E-state index contributed by atoms with van der Waals surface area (Å²) in [5.74, 6) is 0.155. The van der Waals surface area contributed by atoms with Crippen LogP contribution >= 0.6 is 11.8 Å². The molecule has 0 unspecified atom stereocenters. The Morgan fingerprint density at radius 3 is 2.68 bits per heavy atom. The molecule has 0 fully saturated rings. The summed E-state index contributed by atoms with van der Waals surface area (Å²) in [6.07, 6.45) is 4.23. The molecule has 0 atom stereocenters. The predicted molar refractivity (Wildman–Crippen MR) is 104 cm³/mol. The number of aromatic nitrogens is 1. The van der Waals surface area contributed by atoms with Gasteiger partial charge in [0.25, 0.3) is 0 Å². The lowest BCUT2D eigenvalue weighted by molar-refractivity contribution is -0.658. The van der Waals surface area contributed by atoms with Crippen LogP contribution in [0.15, 0.2) is 70.7 Å². The number of pyridine rings is 1. The SMILES string of the molecule is CC(=O)C[n+]1ccc(/C=C2\Sc3ccccc3N2C)c2ccccc21. The summed E-state index contributed by atoms with van der Waals surface area (Å²) in [6.45, 7) is 2.02. The molecule has 2 aromatic carbocycles. The number of hydrogen-bond acceptors (Lipinski definition) is 3. The Balaban J connectivity index is 1.80. The number of anilines is 1. The second kappa shape index (κ2) is 6.37. The third-order valence-corrected chi connectivity index (χ3v) is 5.57. The minimum Gasteiger partial charge on any atom is -0.338 e. The molecule has 0 radical (unpaired) electrons. The molecule has 124 valence electrons. The molecule has 1 aromatic heterocycles. The fraction of sp³-hybridized carbons (Fsp3) is 0.143. The molecule has 3 aromatic rings. The first-order valence-electron chi connectivity index (χ1n) is 8.26. The zero-order valence-electron chi connectivity index (χ0n) is 14.3. The second-order valence-electron chi connectivity index (χ2n) is 6.23. The number of thioether (sulfide) groups is 1. The number of fused-ring (bicyclic) bond motifs is 2. The highest BCUT2D eigenvalue weighted by atomic mass is 32.2. The molecule has 0 bridgehead atoms. The minimum atomic E-state index is 0.155. The molecule has 0 saturated carbocycles. The van der Waals surface area contributed by atoms with Gasteiger partial charge in [0.05, 0.1) is 16.1 Å².